The maximum atomic E-state index is 3.99. The molecule has 1 aromatic carbocycles. The van der Waals surface area contributed by atoms with Gasteiger partial charge in [-0.3, -0.25) is 4.68 Å². The number of benzene rings is 1. The zero-order chi connectivity index (χ0) is 15.4. The van der Waals surface area contributed by atoms with Crippen molar-refractivity contribution in [3.8, 4) is 0 Å². The van der Waals surface area contributed by atoms with Crippen LogP contribution in [0.1, 0.15) is 24.0 Å². The molecular weight excluding hydrogens is 274 g/mol. The topological polar surface area (TPSA) is 46.0 Å². The van der Waals surface area contributed by atoms with Gasteiger partial charge in [-0.25, -0.2) is 0 Å². The van der Waals surface area contributed by atoms with Crippen molar-refractivity contribution in [2.45, 2.75) is 39.3 Å². The van der Waals surface area contributed by atoms with Crippen LogP contribution >= 0.6 is 0 Å². The molecule has 1 N–H and O–H groups in total. The number of piperidine rings is 1. The second kappa shape index (κ2) is 6.92. The van der Waals surface area contributed by atoms with Crippen LogP contribution in [0, 0.1) is 13.8 Å². The highest BCUT2D eigenvalue weighted by molar-refractivity contribution is 5.56. The first-order valence-corrected chi connectivity index (χ1v) is 8.12. The molecule has 0 unspecified atom stereocenters. The Bertz CT molecular complexity index is 585. The van der Waals surface area contributed by atoms with Gasteiger partial charge in [0.15, 0.2) is 0 Å². The molecular formula is C17H25N5. The summed E-state index contributed by atoms with van der Waals surface area (Å²) in [4.78, 5) is 2.53. The zero-order valence-electron chi connectivity index (χ0n) is 13.5. The molecule has 1 saturated heterocycles. The largest absolute Gasteiger partial charge is 0.371 e. The minimum Gasteiger partial charge on any atom is -0.371 e. The van der Waals surface area contributed by atoms with Gasteiger partial charge < -0.3 is 10.2 Å². The highest BCUT2D eigenvalue weighted by Crippen LogP contribution is 2.25. The Balaban J connectivity index is 1.47. The molecule has 2 aromatic rings. The molecule has 3 rings (SSSR count). The molecule has 1 aliphatic rings. The number of aromatic nitrogens is 3. The zero-order valence-corrected chi connectivity index (χ0v) is 13.5. The molecule has 1 aliphatic heterocycles. The molecule has 0 aliphatic carbocycles. The van der Waals surface area contributed by atoms with Crippen molar-refractivity contribution < 1.29 is 0 Å². The van der Waals surface area contributed by atoms with Gasteiger partial charge in [-0.15, -0.1) is 5.10 Å². The van der Waals surface area contributed by atoms with E-state index in [1.807, 2.05) is 10.9 Å². The number of rotatable bonds is 5. The third-order valence-electron chi connectivity index (χ3n) is 4.66. The van der Waals surface area contributed by atoms with E-state index in [1.165, 1.54) is 29.7 Å². The third kappa shape index (κ3) is 3.47. The maximum Gasteiger partial charge on any atom is 0.0692 e. The molecule has 5 heteroatoms. The van der Waals surface area contributed by atoms with Crippen LogP contribution in [-0.4, -0.2) is 40.7 Å². The van der Waals surface area contributed by atoms with Gasteiger partial charge in [0.1, 0.15) is 0 Å². The van der Waals surface area contributed by atoms with E-state index in [1.54, 1.807) is 6.20 Å². The van der Waals surface area contributed by atoms with Crippen LogP contribution < -0.4 is 10.2 Å². The molecule has 0 saturated carbocycles. The summed E-state index contributed by atoms with van der Waals surface area (Å²) in [5, 5.41) is 11.5. The van der Waals surface area contributed by atoms with E-state index in [0.717, 1.165) is 26.2 Å². The summed E-state index contributed by atoms with van der Waals surface area (Å²) in [6.45, 7) is 8.52. The molecule has 1 aromatic heterocycles. The molecule has 0 atom stereocenters. The van der Waals surface area contributed by atoms with Crippen LogP contribution in [0.3, 0.4) is 0 Å². The quantitative estimate of drug-likeness (QED) is 0.919. The molecule has 0 bridgehead atoms. The lowest BCUT2D eigenvalue weighted by atomic mass is 10.0. The van der Waals surface area contributed by atoms with E-state index in [9.17, 15) is 0 Å². The average Bonchev–Trinajstić information content (AvgIpc) is 3.04. The van der Waals surface area contributed by atoms with E-state index < -0.39 is 0 Å². The summed E-state index contributed by atoms with van der Waals surface area (Å²) < 4.78 is 1.87. The predicted molar refractivity (Wildman–Crippen MR) is 89.2 cm³/mol. The van der Waals surface area contributed by atoms with Crippen molar-refractivity contribution in [1.82, 2.24) is 20.3 Å². The SMILES string of the molecule is Cc1cccc(N2CCC(NCCn3ccnn3)CC2)c1C. The van der Waals surface area contributed by atoms with Gasteiger partial charge in [0.2, 0.25) is 0 Å². The minimum atomic E-state index is 0.616. The number of aryl methyl sites for hydroxylation is 1. The summed E-state index contributed by atoms with van der Waals surface area (Å²) in [7, 11) is 0. The first kappa shape index (κ1) is 15.0. The van der Waals surface area contributed by atoms with E-state index in [0.29, 0.717) is 6.04 Å². The second-order valence-corrected chi connectivity index (χ2v) is 6.10. The van der Waals surface area contributed by atoms with Gasteiger partial charge in [-0.05, 0) is 43.9 Å². The van der Waals surface area contributed by atoms with E-state index in [4.69, 9.17) is 0 Å². The van der Waals surface area contributed by atoms with Crippen LogP contribution in [-0.2, 0) is 6.54 Å². The van der Waals surface area contributed by atoms with Crippen molar-refractivity contribution in [1.29, 1.82) is 0 Å². The number of hydrogen-bond acceptors (Lipinski definition) is 4. The maximum absolute atomic E-state index is 3.99. The Labute approximate surface area is 132 Å². The Morgan fingerprint density at radius 2 is 2.05 bits per heavy atom. The second-order valence-electron chi connectivity index (χ2n) is 6.10. The van der Waals surface area contributed by atoms with Gasteiger partial charge in [0.25, 0.3) is 0 Å². The van der Waals surface area contributed by atoms with Crippen molar-refractivity contribution >= 4 is 5.69 Å². The molecule has 118 valence electrons. The van der Waals surface area contributed by atoms with E-state index in [-0.39, 0.29) is 0 Å². The molecule has 0 radical (unpaired) electrons. The predicted octanol–water partition coefficient (Wildman–Crippen LogP) is 2.15. The van der Waals surface area contributed by atoms with Gasteiger partial charge >= 0.3 is 0 Å². The number of nitrogens with zero attached hydrogens (tertiary/aromatic N) is 4. The average molecular weight is 299 g/mol. The van der Waals surface area contributed by atoms with Crippen molar-refractivity contribution in [3.63, 3.8) is 0 Å². The van der Waals surface area contributed by atoms with Crippen LogP contribution in [0.5, 0.6) is 0 Å². The fourth-order valence-electron chi connectivity index (χ4n) is 3.14. The fourth-order valence-corrected chi connectivity index (χ4v) is 3.14. The lowest BCUT2D eigenvalue weighted by Crippen LogP contribution is -2.43. The van der Waals surface area contributed by atoms with Crippen molar-refractivity contribution in [3.05, 3.63) is 41.7 Å². The summed E-state index contributed by atoms with van der Waals surface area (Å²) in [5.74, 6) is 0. The molecule has 5 nitrogen and oxygen atoms in total. The van der Waals surface area contributed by atoms with Crippen LogP contribution in [0.25, 0.3) is 0 Å². The summed E-state index contributed by atoms with van der Waals surface area (Å²) in [6.07, 6.45) is 6.03. The third-order valence-corrected chi connectivity index (χ3v) is 4.66. The normalized spacial score (nSPS) is 16.2. The van der Waals surface area contributed by atoms with Gasteiger partial charge in [-0.1, -0.05) is 17.3 Å². The van der Waals surface area contributed by atoms with Crippen LogP contribution in [0.2, 0.25) is 0 Å². The minimum absolute atomic E-state index is 0.616. The van der Waals surface area contributed by atoms with E-state index >= 15 is 0 Å². The summed E-state index contributed by atoms with van der Waals surface area (Å²) >= 11 is 0. The molecule has 2 heterocycles. The molecule has 1 fully saturated rings. The van der Waals surface area contributed by atoms with Gasteiger partial charge in [0, 0.05) is 37.6 Å². The lowest BCUT2D eigenvalue weighted by molar-refractivity contribution is 0.399. The van der Waals surface area contributed by atoms with Crippen molar-refractivity contribution in [2.24, 2.45) is 0 Å². The Morgan fingerprint density at radius 3 is 2.77 bits per heavy atom. The first-order valence-electron chi connectivity index (χ1n) is 8.12. The Kier molecular flexibility index (Phi) is 4.73. The monoisotopic (exact) mass is 299 g/mol. The Hall–Kier alpha value is -1.88. The van der Waals surface area contributed by atoms with Crippen molar-refractivity contribution in [2.75, 3.05) is 24.5 Å². The highest BCUT2D eigenvalue weighted by Gasteiger charge is 2.20. The number of anilines is 1. The number of nitrogens with one attached hydrogen (secondary N) is 1. The molecule has 0 spiro atoms. The first-order chi connectivity index (χ1) is 10.7. The lowest BCUT2D eigenvalue weighted by Gasteiger charge is -2.35. The van der Waals surface area contributed by atoms with Gasteiger partial charge in [-0.2, -0.15) is 0 Å². The van der Waals surface area contributed by atoms with Crippen LogP contribution in [0.4, 0.5) is 5.69 Å². The standard InChI is InChI=1S/C17H25N5/c1-14-4-3-5-17(15(14)2)21-10-6-16(7-11-21)18-8-12-22-13-9-19-20-22/h3-5,9,13,16,18H,6-8,10-12H2,1-2H3. The van der Waals surface area contributed by atoms with Gasteiger partial charge in [0.05, 0.1) is 12.7 Å². The number of hydrogen-bond donors (Lipinski definition) is 1. The molecule has 22 heavy (non-hydrogen) atoms. The van der Waals surface area contributed by atoms with Crippen LogP contribution in [0.15, 0.2) is 30.6 Å². The smallest absolute Gasteiger partial charge is 0.0692 e. The fraction of sp³-hybridized carbons (Fsp3) is 0.529. The highest BCUT2D eigenvalue weighted by atomic mass is 15.4. The van der Waals surface area contributed by atoms with E-state index in [2.05, 4.69) is 52.6 Å². The Morgan fingerprint density at radius 1 is 1.23 bits per heavy atom. The molecule has 0 amide bonds. The summed E-state index contributed by atoms with van der Waals surface area (Å²) in [5.41, 5.74) is 4.20. The summed E-state index contributed by atoms with van der Waals surface area (Å²) in [6, 6.07) is 7.22.